The summed E-state index contributed by atoms with van der Waals surface area (Å²) in [6.07, 6.45) is 11.0. The lowest BCUT2D eigenvalue weighted by atomic mass is 9.98. The van der Waals surface area contributed by atoms with Crippen molar-refractivity contribution in [2.75, 3.05) is 25.0 Å². The van der Waals surface area contributed by atoms with E-state index < -0.39 is 0 Å². The molecule has 0 radical (unpaired) electrons. The van der Waals surface area contributed by atoms with Gasteiger partial charge in [0.05, 0.1) is 11.7 Å². The lowest BCUT2D eigenvalue weighted by Gasteiger charge is -2.30. The molecule has 8 nitrogen and oxygen atoms in total. The van der Waals surface area contributed by atoms with E-state index in [0.29, 0.717) is 11.5 Å². The minimum absolute atomic E-state index is 0.316. The van der Waals surface area contributed by atoms with Crippen LogP contribution in [-0.2, 0) is 0 Å². The highest BCUT2D eigenvalue weighted by molar-refractivity contribution is 6.11. The number of nitrogens with zero attached hydrogens (tertiary/aromatic N) is 5. The third kappa shape index (κ3) is 5.59. The number of aromatic nitrogens is 4. The van der Waals surface area contributed by atoms with Gasteiger partial charge in [0.1, 0.15) is 0 Å². The van der Waals surface area contributed by atoms with E-state index in [9.17, 15) is 4.79 Å². The molecule has 0 saturated carbocycles. The van der Waals surface area contributed by atoms with Gasteiger partial charge in [0.2, 0.25) is 0 Å². The SMILES string of the molecule is C=N/C=C(\C=C(/C)c1ccc2[nH]nc(C(=O)Nc3cnccn3)c2c1)CN1CCC(C)CC1. The fourth-order valence-electron chi connectivity index (χ4n) is 4.05. The standard InChI is InChI=1S/C25H29N7O/c1-17-6-10-32(11-7-17)16-19(14-26-3)12-18(2)20-4-5-22-21(13-20)24(31-30-22)25(33)29-23-15-27-8-9-28-23/h4-5,8-9,12-15,17H,3,6-7,10-11,16H2,1-2H3,(H,30,31)(H,28,29,33)/b18-12+,19-14+. The highest BCUT2D eigenvalue weighted by Crippen LogP contribution is 2.25. The number of amides is 1. The molecule has 3 heterocycles. The summed E-state index contributed by atoms with van der Waals surface area (Å²) in [5.41, 5.74) is 4.32. The predicted molar refractivity (Wildman–Crippen MR) is 132 cm³/mol. The average Bonchev–Trinajstić information content (AvgIpc) is 3.25. The summed E-state index contributed by atoms with van der Waals surface area (Å²) >= 11 is 0. The number of likely N-dealkylation sites (tertiary alicyclic amines) is 1. The monoisotopic (exact) mass is 443 g/mol. The zero-order chi connectivity index (χ0) is 23.2. The maximum Gasteiger partial charge on any atom is 0.277 e. The number of piperidine rings is 1. The molecule has 0 bridgehead atoms. The number of H-pyrrole nitrogens is 1. The van der Waals surface area contributed by atoms with Crippen molar-refractivity contribution in [2.45, 2.75) is 26.7 Å². The fraction of sp³-hybridized carbons (Fsp3) is 0.320. The van der Waals surface area contributed by atoms with Crippen molar-refractivity contribution in [3.8, 4) is 0 Å². The van der Waals surface area contributed by atoms with Gasteiger partial charge in [-0.15, -0.1) is 0 Å². The summed E-state index contributed by atoms with van der Waals surface area (Å²) in [5, 5.41) is 10.6. The molecule has 0 atom stereocenters. The molecule has 4 rings (SSSR count). The summed E-state index contributed by atoms with van der Waals surface area (Å²) < 4.78 is 0. The molecule has 170 valence electrons. The van der Waals surface area contributed by atoms with E-state index in [1.165, 1.54) is 25.2 Å². The van der Waals surface area contributed by atoms with Crippen LogP contribution in [0.15, 0.2) is 59.6 Å². The van der Waals surface area contributed by atoms with Crippen LogP contribution in [0.2, 0.25) is 0 Å². The van der Waals surface area contributed by atoms with Crippen LogP contribution in [0.4, 0.5) is 5.82 Å². The van der Waals surface area contributed by atoms with Crippen LogP contribution in [-0.4, -0.2) is 57.3 Å². The molecule has 3 aromatic rings. The Morgan fingerprint density at radius 3 is 2.88 bits per heavy atom. The number of carbonyl (C=O) groups excluding carboxylic acids is 1. The number of hydrogen-bond donors (Lipinski definition) is 2. The van der Waals surface area contributed by atoms with Gasteiger partial charge in [-0.1, -0.05) is 19.1 Å². The molecular formula is C25H29N7O. The fourth-order valence-corrected chi connectivity index (χ4v) is 4.05. The summed E-state index contributed by atoms with van der Waals surface area (Å²) in [5.74, 6) is 0.839. The smallest absolute Gasteiger partial charge is 0.277 e. The second-order valence-corrected chi connectivity index (χ2v) is 8.55. The lowest BCUT2D eigenvalue weighted by Crippen LogP contribution is -2.34. The van der Waals surface area contributed by atoms with Crippen molar-refractivity contribution in [2.24, 2.45) is 10.9 Å². The maximum atomic E-state index is 12.8. The third-order valence-electron chi connectivity index (χ3n) is 5.98. The van der Waals surface area contributed by atoms with Gasteiger partial charge in [-0.2, -0.15) is 5.10 Å². The number of nitrogens with one attached hydrogen (secondary N) is 2. The number of hydrogen-bond acceptors (Lipinski definition) is 6. The number of rotatable bonds is 7. The van der Waals surface area contributed by atoms with Gasteiger partial charge in [0, 0.05) is 30.5 Å². The van der Waals surface area contributed by atoms with E-state index in [1.54, 1.807) is 6.20 Å². The van der Waals surface area contributed by atoms with Gasteiger partial charge in [-0.25, -0.2) is 4.98 Å². The van der Waals surface area contributed by atoms with Crippen molar-refractivity contribution in [3.63, 3.8) is 0 Å². The molecule has 0 spiro atoms. The minimum Gasteiger partial charge on any atom is -0.304 e. The second-order valence-electron chi connectivity index (χ2n) is 8.55. The quantitative estimate of drug-likeness (QED) is 0.418. The van der Waals surface area contributed by atoms with Crippen LogP contribution >= 0.6 is 0 Å². The number of aliphatic imine (C=N–C) groups is 1. The van der Waals surface area contributed by atoms with Crippen molar-refractivity contribution in [1.82, 2.24) is 25.1 Å². The number of carbonyl (C=O) groups is 1. The molecule has 1 aliphatic rings. The number of fused-ring (bicyclic) bond motifs is 1. The summed E-state index contributed by atoms with van der Waals surface area (Å²) in [6, 6.07) is 5.95. The Balaban J connectivity index is 1.55. The van der Waals surface area contributed by atoms with E-state index in [2.05, 4.69) is 62.0 Å². The largest absolute Gasteiger partial charge is 0.304 e. The van der Waals surface area contributed by atoms with Gasteiger partial charge < -0.3 is 5.32 Å². The molecule has 1 saturated heterocycles. The average molecular weight is 444 g/mol. The Bertz CT molecular complexity index is 1190. The molecular weight excluding hydrogens is 414 g/mol. The Morgan fingerprint density at radius 1 is 1.33 bits per heavy atom. The number of anilines is 1. The summed E-state index contributed by atoms with van der Waals surface area (Å²) in [6.45, 7) is 11.1. The Hall–Kier alpha value is -3.65. The van der Waals surface area contributed by atoms with Crippen LogP contribution in [0.1, 0.15) is 42.7 Å². The van der Waals surface area contributed by atoms with Gasteiger partial charge in [0.25, 0.3) is 5.91 Å². The highest BCUT2D eigenvalue weighted by Gasteiger charge is 2.17. The topological polar surface area (TPSA) is 99.2 Å². The first kappa shape index (κ1) is 22.5. The molecule has 1 fully saturated rings. The molecule has 2 aromatic heterocycles. The molecule has 1 amide bonds. The molecule has 8 heteroatoms. The van der Waals surface area contributed by atoms with Crippen molar-refractivity contribution in [1.29, 1.82) is 0 Å². The molecule has 1 aromatic carbocycles. The first-order valence-electron chi connectivity index (χ1n) is 11.1. The van der Waals surface area contributed by atoms with Crippen LogP contribution in [0.3, 0.4) is 0 Å². The maximum absolute atomic E-state index is 12.8. The molecule has 0 unspecified atom stereocenters. The zero-order valence-corrected chi connectivity index (χ0v) is 19.1. The molecule has 33 heavy (non-hydrogen) atoms. The van der Waals surface area contributed by atoms with Gasteiger partial charge >= 0.3 is 0 Å². The predicted octanol–water partition coefficient (Wildman–Crippen LogP) is 4.32. The first-order chi connectivity index (χ1) is 16.0. The normalized spacial score (nSPS) is 16.2. The number of allylic oxidation sites excluding steroid dienone is 1. The summed E-state index contributed by atoms with van der Waals surface area (Å²) in [4.78, 5) is 27.3. The van der Waals surface area contributed by atoms with E-state index >= 15 is 0 Å². The third-order valence-corrected chi connectivity index (χ3v) is 5.98. The number of benzene rings is 1. The molecule has 0 aliphatic carbocycles. The summed E-state index contributed by atoms with van der Waals surface area (Å²) in [7, 11) is 0. The number of aromatic amines is 1. The van der Waals surface area contributed by atoms with E-state index in [4.69, 9.17) is 0 Å². The zero-order valence-electron chi connectivity index (χ0n) is 19.1. The van der Waals surface area contributed by atoms with E-state index in [1.807, 2.05) is 24.4 Å². The van der Waals surface area contributed by atoms with Gasteiger partial charge in [-0.3, -0.25) is 24.8 Å². The van der Waals surface area contributed by atoms with E-state index in [-0.39, 0.29) is 5.91 Å². The molecule has 2 N–H and O–H groups in total. The van der Waals surface area contributed by atoms with Crippen molar-refractivity contribution < 1.29 is 4.79 Å². The lowest BCUT2D eigenvalue weighted by molar-refractivity contribution is 0.102. The Labute approximate surface area is 193 Å². The van der Waals surface area contributed by atoms with Gasteiger partial charge in [0.15, 0.2) is 11.5 Å². The van der Waals surface area contributed by atoms with Crippen molar-refractivity contribution >= 4 is 34.9 Å². The van der Waals surface area contributed by atoms with Crippen LogP contribution in [0.25, 0.3) is 16.5 Å². The minimum atomic E-state index is -0.337. The second kappa shape index (κ2) is 10.3. The van der Waals surface area contributed by atoms with E-state index in [0.717, 1.165) is 53.2 Å². The Kier molecular flexibility index (Phi) is 7.04. The van der Waals surface area contributed by atoms with Crippen LogP contribution in [0, 0.1) is 5.92 Å². The highest BCUT2D eigenvalue weighted by atomic mass is 16.2. The Morgan fingerprint density at radius 2 is 2.15 bits per heavy atom. The first-order valence-corrected chi connectivity index (χ1v) is 11.1. The van der Waals surface area contributed by atoms with Crippen LogP contribution in [0.5, 0.6) is 0 Å². The van der Waals surface area contributed by atoms with Crippen LogP contribution < -0.4 is 5.32 Å². The van der Waals surface area contributed by atoms with Crippen molar-refractivity contribution in [3.05, 3.63) is 65.9 Å². The molecule has 1 aliphatic heterocycles. The van der Waals surface area contributed by atoms with Gasteiger partial charge in [-0.05, 0) is 74.3 Å².